The molecule has 0 bridgehead atoms. The zero-order valence-corrected chi connectivity index (χ0v) is 18.1. The fourth-order valence-electron chi connectivity index (χ4n) is 3.48. The second-order valence-corrected chi connectivity index (χ2v) is 8.04. The van der Waals surface area contributed by atoms with Gasteiger partial charge < -0.3 is 4.55 Å². The van der Waals surface area contributed by atoms with Crippen LogP contribution in [0.1, 0.15) is 27.9 Å². The van der Waals surface area contributed by atoms with Crippen LogP contribution in [0.25, 0.3) is 22.3 Å². The lowest BCUT2D eigenvalue weighted by molar-refractivity contribution is 0.103. The molecule has 1 aromatic heterocycles. The van der Waals surface area contributed by atoms with Crippen LogP contribution in [0.4, 0.5) is 8.78 Å². The highest BCUT2D eigenvalue weighted by Gasteiger charge is 2.22. The van der Waals surface area contributed by atoms with Crippen LogP contribution < -0.4 is 4.72 Å². The summed E-state index contributed by atoms with van der Waals surface area (Å²) in [4.78, 5) is 21.9. The first-order chi connectivity index (χ1) is 15.9. The molecule has 6 nitrogen and oxygen atoms in total. The Morgan fingerprint density at radius 2 is 1.82 bits per heavy atom. The lowest BCUT2D eigenvalue weighted by atomic mass is 9.97. The molecule has 1 unspecified atom stereocenters. The Labute approximate surface area is 191 Å². The monoisotopic (exact) mass is 466 g/mol. The van der Waals surface area contributed by atoms with Crippen molar-refractivity contribution in [1.29, 1.82) is 0 Å². The second kappa shape index (κ2) is 10.0. The maximum absolute atomic E-state index is 15.0. The van der Waals surface area contributed by atoms with Crippen LogP contribution in [0, 0.1) is 11.6 Å². The molecule has 168 valence electrons. The topological polar surface area (TPSA) is 95.0 Å². The van der Waals surface area contributed by atoms with Gasteiger partial charge in [-0.2, -0.15) is 0 Å². The van der Waals surface area contributed by atoms with Gasteiger partial charge in [0.1, 0.15) is 11.6 Å². The first kappa shape index (κ1) is 22.8. The number of ketones is 1. The molecule has 0 saturated carbocycles. The van der Waals surface area contributed by atoms with Gasteiger partial charge in [0.05, 0.1) is 28.5 Å². The highest BCUT2D eigenvalue weighted by molar-refractivity contribution is 7.77. The maximum atomic E-state index is 15.0. The quantitative estimate of drug-likeness (QED) is 0.239. The summed E-state index contributed by atoms with van der Waals surface area (Å²) in [6.45, 7) is 0.100. The zero-order valence-electron chi connectivity index (χ0n) is 17.3. The average molecular weight is 466 g/mol. The number of rotatable bonds is 8. The minimum Gasteiger partial charge on any atom is -0.760 e. The van der Waals surface area contributed by atoms with Crippen molar-refractivity contribution in [1.82, 2.24) is 14.7 Å². The third-order valence-electron chi connectivity index (χ3n) is 5.11. The van der Waals surface area contributed by atoms with Crippen molar-refractivity contribution < 1.29 is 22.3 Å². The molecule has 0 aliphatic heterocycles. The summed E-state index contributed by atoms with van der Waals surface area (Å²) in [6.07, 6.45) is 2.05. The van der Waals surface area contributed by atoms with Gasteiger partial charge in [-0.1, -0.05) is 36.4 Å². The SMILES string of the molecule is O=C(c1ccc2ncc(-c3ccccc3)nc2c1)c1c(F)ccc(CCCNS(=O)[O-])c1F. The van der Waals surface area contributed by atoms with Gasteiger partial charge in [-0.25, -0.2) is 18.5 Å². The molecule has 1 atom stereocenters. The van der Waals surface area contributed by atoms with E-state index < -0.39 is 34.2 Å². The fourth-order valence-corrected chi connectivity index (χ4v) is 3.79. The Balaban J connectivity index is 1.65. The summed E-state index contributed by atoms with van der Waals surface area (Å²) in [5.41, 5.74) is 1.99. The lowest BCUT2D eigenvalue weighted by Gasteiger charge is -2.11. The van der Waals surface area contributed by atoms with E-state index in [-0.39, 0.29) is 30.5 Å². The summed E-state index contributed by atoms with van der Waals surface area (Å²) >= 11 is -2.41. The number of aromatic nitrogens is 2. The molecule has 0 radical (unpaired) electrons. The van der Waals surface area contributed by atoms with E-state index in [1.165, 1.54) is 18.2 Å². The van der Waals surface area contributed by atoms with Gasteiger partial charge in [0.25, 0.3) is 0 Å². The third-order valence-corrected chi connectivity index (χ3v) is 5.55. The molecule has 4 aromatic rings. The number of hydrogen-bond acceptors (Lipinski definition) is 5. The molecule has 0 spiro atoms. The number of nitrogens with zero attached hydrogens (tertiary/aromatic N) is 2. The first-order valence-corrected chi connectivity index (χ1v) is 11.2. The first-order valence-electron chi connectivity index (χ1n) is 10.1. The molecule has 1 N–H and O–H groups in total. The number of nitrogens with one attached hydrogen (secondary N) is 1. The predicted molar refractivity (Wildman–Crippen MR) is 120 cm³/mol. The van der Waals surface area contributed by atoms with Crippen LogP contribution in [-0.4, -0.2) is 31.1 Å². The van der Waals surface area contributed by atoms with E-state index >= 15 is 4.39 Å². The van der Waals surface area contributed by atoms with Gasteiger partial charge in [-0.15, -0.1) is 0 Å². The number of benzene rings is 3. The number of aryl methyl sites for hydroxylation is 1. The van der Waals surface area contributed by atoms with Crippen LogP contribution in [0.3, 0.4) is 0 Å². The molecule has 0 fully saturated rings. The van der Waals surface area contributed by atoms with Crippen LogP contribution in [0.15, 0.2) is 66.9 Å². The summed E-state index contributed by atoms with van der Waals surface area (Å²) < 4.78 is 52.7. The summed E-state index contributed by atoms with van der Waals surface area (Å²) in [6, 6.07) is 16.2. The number of carbonyl (C=O) groups is 1. The van der Waals surface area contributed by atoms with Crippen molar-refractivity contribution in [3.63, 3.8) is 0 Å². The van der Waals surface area contributed by atoms with E-state index in [4.69, 9.17) is 0 Å². The third kappa shape index (κ3) is 5.16. The van der Waals surface area contributed by atoms with E-state index in [1.807, 2.05) is 30.3 Å². The smallest absolute Gasteiger partial charge is 0.199 e. The molecule has 0 aliphatic rings. The lowest BCUT2D eigenvalue weighted by Crippen LogP contribution is -2.18. The van der Waals surface area contributed by atoms with Gasteiger partial charge in [0.15, 0.2) is 5.78 Å². The van der Waals surface area contributed by atoms with Crippen molar-refractivity contribution in [3.05, 3.63) is 95.2 Å². The van der Waals surface area contributed by atoms with Crippen LogP contribution in [0.5, 0.6) is 0 Å². The van der Waals surface area contributed by atoms with Crippen molar-refractivity contribution >= 4 is 28.1 Å². The Kier molecular flexibility index (Phi) is 6.93. The second-order valence-electron chi connectivity index (χ2n) is 7.28. The Bertz CT molecular complexity index is 1350. The molecule has 9 heteroatoms. The summed E-state index contributed by atoms with van der Waals surface area (Å²) in [7, 11) is 0. The minimum absolute atomic E-state index is 0.0837. The van der Waals surface area contributed by atoms with E-state index in [1.54, 1.807) is 12.3 Å². The average Bonchev–Trinajstić information content (AvgIpc) is 2.82. The van der Waals surface area contributed by atoms with E-state index in [0.29, 0.717) is 16.7 Å². The van der Waals surface area contributed by atoms with Crippen LogP contribution in [0.2, 0.25) is 0 Å². The molecule has 0 saturated heterocycles. The molecule has 1 heterocycles. The predicted octanol–water partition coefficient (Wildman–Crippen LogP) is 4.12. The maximum Gasteiger partial charge on any atom is 0.199 e. The summed E-state index contributed by atoms with van der Waals surface area (Å²) in [5, 5.41) is 0. The van der Waals surface area contributed by atoms with Gasteiger partial charge in [-0.3, -0.25) is 14.0 Å². The molecule has 4 rings (SSSR count). The molecular weight excluding hydrogens is 448 g/mol. The van der Waals surface area contributed by atoms with Crippen molar-refractivity contribution in [3.8, 4) is 11.3 Å². The van der Waals surface area contributed by atoms with Gasteiger partial charge in [0.2, 0.25) is 0 Å². The van der Waals surface area contributed by atoms with E-state index in [2.05, 4.69) is 14.7 Å². The van der Waals surface area contributed by atoms with E-state index in [9.17, 15) is 17.9 Å². The molecule has 33 heavy (non-hydrogen) atoms. The Morgan fingerprint density at radius 3 is 2.58 bits per heavy atom. The standard InChI is InChI=1S/C24H19F2N3O3S/c25-18-10-8-16(7-4-12-28-33(31)32)23(26)22(18)24(30)17-9-11-19-20(13-17)29-21(14-27-19)15-5-2-1-3-6-15/h1-3,5-6,8-11,13-14,28H,4,7,12H2,(H,31,32)/p-1. The number of hydrogen-bond donors (Lipinski definition) is 1. The van der Waals surface area contributed by atoms with Gasteiger partial charge in [-0.05, 0) is 42.7 Å². The van der Waals surface area contributed by atoms with Gasteiger partial charge >= 0.3 is 0 Å². The van der Waals surface area contributed by atoms with Crippen molar-refractivity contribution in [2.24, 2.45) is 0 Å². The van der Waals surface area contributed by atoms with Crippen molar-refractivity contribution in [2.75, 3.05) is 6.54 Å². The Hall–Kier alpha value is -3.40. The summed E-state index contributed by atoms with van der Waals surface area (Å²) in [5.74, 6) is -2.73. The van der Waals surface area contributed by atoms with Crippen LogP contribution >= 0.6 is 0 Å². The number of fused-ring (bicyclic) bond motifs is 1. The zero-order chi connectivity index (χ0) is 23.4. The highest BCUT2D eigenvalue weighted by atomic mass is 32.2. The van der Waals surface area contributed by atoms with E-state index in [0.717, 1.165) is 11.6 Å². The molecule has 3 aromatic carbocycles. The van der Waals surface area contributed by atoms with Crippen LogP contribution in [-0.2, 0) is 17.7 Å². The fraction of sp³-hybridized carbons (Fsp3) is 0.125. The van der Waals surface area contributed by atoms with Gasteiger partial charge in [0, 0.05) is 28.9 Å². The normalized spacial score (nSPS) is 12.1. The minimum atomic E-state index is -2.41. The Morgan fingerprint density at radius 1 is 1.03 bits per heavy atom. The number of halogens is 2. The molecule has 0 aliphatic carbocycles. The van der Waals surface area contributed by atoms with Crippen molar-refractivity contribution in [2.45, 2.75) is 12.8 Å². The highest BCUT2D eigenvalue weighted by Crippen LogP contribution is 2.24. The largest absolute Gasteiger partial charge is 0.760 e. The molecule has 0 amide bonds. The molecular formula is C24H18F2N3O3S-. The number of carbonyl (C=O) groups excluding carboxylic acids is 1.